The van der Waals surface area contributed by atoms with Crippen molar-refractivity contribution in [1.82, 2.24) is 0 Å². The Kier molecular flexibility index (Phi) is 4.98. The molecule has 0 aliphatic carbocycles. The number of hydrogen-bond acceptors (Lipinski definition) is 5. The smallest absolute Gasteiger partial charge is 0.291 e. The maximum absolute atomic E-state index is 11.9. The highest BCUT2D eigenvalue weighted by atomic mass is 32.2. The van der Waals surface area contributed by atoms with Crippen LogP contribution in [0.4, 0.5) is 0 Å². The van der Waals surface area contributed by atoms with Gasteiger partial charge in [0.25, 0.3) is 0 Å². The van der Waals surface area contributed by atoms with Crippen LogP contribution in [0.1, 0.15) is 13.8 Å². The second kappa shape index (κ2) is 5.78. The first kappa shape index (κ1) is 12.1. The molecule has 0 saturated carbocycles. The lowest BCUT2D eigenvalue weighted by Crippen LogP contribution is -1.96. The Morgan fingerprint density at radius 3 is 2.21 bits per heavy atom. The predicted molar refractivity (Wildman–Crippen MR) is 58.6 cm³/mol. The van der Waals surface area contributed by atoms with Gasteiger partial charge in [-0.1, -0.05) is 0 Å². The SMILES string of the molecule is CCOP(=O)(N=c1sccs1)OCC. The molecule has 80 valence electrons. The van der Waals surface area contributed by atoms with Crippen molar-refractivity contribution in [1.29, 1.82) is 0 Å². The van der Waals surface area contributed by atoms with Gasteiger partial charge < -0.3 is 0 Å². The van der Waals surface area contributed by atoms with Gasteiger partial charge in [-0.15, -0.1) is 22.7 Å². The van der Waals surface area contributed by atoms with Crippen molar-refractivity contribution in [2.75, 3.05) is 13.2 Å². The molecule has 14 heavy (non-hydrogen) atoms. The van der Waals surface area contributed by atoms with Gasteiger partial charge in [0.05, 0.1) is 13.2 Å². The van der Waals surface area contributed by atoms with Crippen LogP contribution in [0.5, 0.6) is 0 Å². The summed E-state index contributed by atoms with van der Waals surface area (Å²) >= 11 is 2.84. The van der Waals surface area contributed by atoms with Crippen LogP contribution in [0.3, 0.4) is 0 Å². The summed E-state index contributed by atoms with van der Waals surface area (Å²) in [4.78, 5) is 0. The third kappa shape index (κ3) is 3.63. The van der Waals surface area contributed by atoms with Crippen LogP contribution in [0, 0.1) is 0 Å². The number of hydrogen-bond donors (Lipinski definition) is 0. The Balaban J connectivity index is 2.90. The lowest BCUT2D eigenvalue weighted by Gasteiger charge is -2.09. The van der Waals surface area contributed by atoms with Crippen molar-refractivity contribution in [2.45, 2.75) is 13.8 Å². The molecule has 0 atom stereocenters. The zero-order chi connectivity index (χ0) is 10.4. The molecule has 0 unspecified atom stereocenters. The molecule has 0 N–H and O–H groups in total. The van der Waals surface area contributed by atoms with E-state index in [0.29, 0.717) is 17.2 Å². The molecule has 1 rings (SSSR count). The van der Waals surface area contributed by atoms with E-state index in [2.05, 4.69) is 4.76 Å². The van der Waals surface area contributed by atoms with Crippen molar-refractivity contribution in [2.24, 2.45) is 4.76 Å². The Bertz CT molecular complexity index is 346. The molecule has 0 aliphatic heterocycles. The Morgan fingerprint density at radius 1 is 1.29 bits per heavy atom. The van der Waals surface area contributed by atoms with Crippen LogP contribution in [0.25, 0.3) is 0 Å². The Morgan fingerprint density at radius 2 is 1.79 bits per heavy atom. The minimum Gasteiger partial charge on any atom is -0.291 e. The molecule has 4 nitrogen and oxygen atoms in total. The van der Waals surface area contributed by atoms with Crippen molar-refractivity contribution in [3.05, 3.63) is 14.7 Å². The summed E-state index contributed by atoms with van der Waals surface area (Å²) < 4.78 is 26.6. The van der Waals surface area contributed by atoms with Crippen LogP contribution in [-0.4, -0.2) is 13.2 Å². The topological polar surface area (TPSA) is 47.9 Å². The van der Waals surface area contributed by atoms with Gasteiger partial charge in [-0.05, 0) is 13.8 Å². The van der Waals surface area contributed by atoms with Gasteiger partial charge in [0.2, 0.25) is 0 Å². The Labute approximate surface area is 90.8 Å². The molecule has 0 bridgehead atoms. The van der Waals surface area contributed by atoms with Crippen LogP contribution >= 0.6 is 30.4 Å². The van der Waals surface area contributed by atoms with E-state index in [4.69, 9.17) is 9.05 Å². The highest BCUT2D eigenvalue weighted by Gasteiger charge is 2.21. The van der Waals surface area contributed by atoms with E-state index >= 15 is 0 Å². The van der Waals surface area contributed by atoms with Gasteiger partial charge >= 0.3 is 7.75 Å². The first-order valence-corrected chi connectivity index (χ1v) is 7.43. The van der Waals surface area contributed by atoms with E-state index in [1.165, 1.54) is 22.7 Å². The van der Waals surface area contributed by atoms with Crippen molar-refractivity contribution < 1.29 is 13.6 Å². The molecule has 0 radical (unpaired) electrons. The first-order chi connectivity index (χ1) is 6.70. The third-order valence-electron chi connectivity index (χ3n) is 1.18. The molecule has 0 spiro atoms. The van der Waals surface area contributed by atoms with E-state index in [1.54, 1.807) is 13.8 Å². The van der Waals surface area contributed by atoms with Crippen LogP contribution in [0.2, 0.25) is 0 Å². The molecule has 0 saturated heterocycles. The van der Waals surface area contributed by atoms with E-state index in [-0.39, 0.29) is 0 Å². The minimum absolute atomic E-state index is 0.330. The second-order valence-corrected chi connectivity index (χ2v) is 5.88. The predicted octanol–water partition coefficient (Wildman–Crippen LogP) is 2.89. The fourth-order valence-electron chi connectivity index (χ4n) is 0.768. The molecule has 1 aromatic rings. The lowest BCUT2D eigenvalue weighted by molar-refractivity contribution is 0.220. The fraction of sp³-hybridized carbons (Fsp3) is 0.571. The number of rotatable bonds is 5. The maximum atomic E-state index is 11.9. The third-order valence-corrected chi connectivity index (χ3v) is 4.95. The van der Waals surface area contributed by atoms with Gasteiger partial charge in [-0.25, -0.2) is 4.57 Å². The highest BCUT2D eigenvalue weighted by Crippen LogP contribution is 2.49. The summed E-state index contributed by atoms with van der Waals surface area (Å²) in [6.07, 6.45) is 0. The molecule has 0 aliphatic rings. The summed E-state index contributed by atoms with van der Waals surface area (Å²) in [7, 11) is -3.26. The molecular weight excluding hydrogens is 241 g/mol. The van der Waals surface area contributed by atoms with Crippen LogP contribution in [0.15, 0.2) is 15.5 Å². The maximum Gasteiger partial charge on any atom is 0.455 e. The Hall–Kier alpha value is -0.0000000000000000208. The average molecular weight is 253 g/mol. The van der Waals surface area contributed by atoms with Gasteiger partial charge in [0.15, 0.2) is 3.98 Å². The molecule has 1 aromatic heterocycles. The van der Waals surface area contributed by atoms with E-state index in [1.807, 2.05) is 10.8 Å². The van der Waals surface area contributed by atoms with Crippen LogP contribution in [-0.2, 0) is 13.6 Å². The fourth-order valence-corrected chi connectivity index (χ4v) is 4.02. The minimum atomic E-state index is -3.26. The zero-order valence-electron chi connectivity index (χ0n) is 8.00. The standard InChI is InChI=1S/C7H12NO3PS2/c1-3-10-12(9,11-4-2)8-7-13-5-6-14-7/h5-6H,3-4H2,1-2H3. The van der Waals surface area contributed by atoms with E-state index < -0.39 is 7.75 Å². The van der Waals surface area contributed by atoms with Gasteiger partial charge in [0, 0.05) is 10.8 Å². The van der Waals surface area contributed by atoms with Gasteiger partial charge in [-0.3, -0.25) is 9.05 Å². The van der Waals surface area contributed by atoms with Gasteiger partial charge in [-0.2, -0.15) is 4.76 Å². The van der Waals surface area contributed by atoms with E-state index in [9.17, 15) is 4.57 Å². The molecule has 0 amide bonds. The second-order valence-electron chi connectivity index (χ2n) is 2.18. The quantitative estimate of drug-likeness (QED) is 0.758. The summed E-state index contributed by atoms with van der Waals surface area (Å²) in [6, 6.07) is 0. The molecule has 1 heterocycles. The molecular formula is C7H12NO3PS2. The summed E-state index contributed by atoms with van der Waals surface area (Å²) in [5.41, 5.74) is 0. The lowest BCUT2D eigenvalue weighted by atomic mass is 10.9. The molecule has 7 heteroatoms. The van der Waals surface area contributed by atoms with Crippen molar-refractivity contribution in [3.63, 3.8) is 0 Å². The normalized spacial score (nSPS) is 11.6. The summed E-state index contributed by atoms with van der Waals surface area (Å²) in [5, 5.41) is 3.76. The number of nitrogens with zero attached hydrogens (tertiary/aromatic N) is 1. The monoisotopic (exact) mass is 253 g/mol. The zero-order valence-corrected chi connectivity index (χ0v) is 10.5. The molecule has 0 aromatic carbocycles. The molecule has 0 fully saturated rings. The largest absolute Gasteiger partial charge is 0.455 e. The first-order valence-electron chi connectivity index (χ1n) is 4.18. The summed E-state index contributed by atoms with van der Waals surface area (Å²) in [6.45, 7) is 4.19. The van der Waals surface area contributed by atoms with Gasteiger partial charge in [0.1, 0.15) is 0 Å². The van der Waals surface area contributed by atoms with Crippen molar-refractivity contribution in [3.8, 4) is 0 Å². The van der Waals surface area contributed by atoms with E-state index in [0.717, 1.165) is 0 Å². The highest BCUT2D eigenvalue weighted by molar-refractivity contribution is 7.52. The average Bonchev–Trinajstić information content (AvgIpc) is 2.57. The van der Waals surface area contributed by atoms with Crippen LogP contribution < -0.4 is 3.98 Å². The summed E-state index contributed by atoms with van der Waals surface area (Å²) in [5.74, 6) is 0. The van der Waals surface area contributed by atoms with Crippen molar-refractivity contribution >= 4 is 30.4 Å².